The summed E-state index contributed by atoms with van der Waals surface area (Å²) in [5.74, 6) is 0.0236. The van der Waals surface area contributed by atoms with Crippen LogP contribution < -0.4 is 19.7 Å². The fourth-order valence-electron chi connectivity index (χ4n) is 2.91. The minimum atomic E-state index is -0.546. The predicted molar refractivity (Wildman–Crippen MR) is 105 cm³/mol. The van der Waals surface area contributed by atoms with Crippen LogP contribution >= 0.6 is 0 Å². The number of hydrogen-bond acceptors (Lipinski definition) is 6. The van der Waals surface area contributed by atoms with Crippen molar-refractivity contribution in [3.05, 3.63) is 53.6 Å². The van der Waals surface area contributed by atoms with Gasteiger partial charge in [-0.3, -0.25) is 9.59 Å². The molecule has 0 bridgehead atoms. The summed E-state index contributed by atoms with van der Waals surface area (Å²) in [5, 5.41) is 2.77. The summed E-state index contributed by atoms with van der Waals surface area (Å²) in [6.45, 7) is 3.47. The van der Waals surface area contributed by atoms with E-state index in [1.165, 1.54) is 11.8 Å². The van der Waals surface area contributed by atoms with Gasteiger partial charge in [-0.05, 0) is 36.8 Å². The Morgan fingerprint density at radius 1 is 1.10 bits per heavy atom. The molecule has 1 heterocycles. The molecule has 0 aliphatic carbocycles. The second-order valence-electron chi connectivity index (χ2n) is 6.31. The summed E-state index contributed by atoms with van der Waals surface area (Å²) >= 11 is 0. The summed E-state index contributed by atoms with van der Waals surface area (Å²) in [5.41, 5.74) is 1.40. The van der Waals surface area contributed by atoms with Crippen LogP contribution in [-0.2, 0) is 20.9 Å². The molecule has 0 saturated heterocycles. The quantitative estimate of drug-likeness (QED) is 0.719. The molecule has 2 aromatic carbocycles. The zero-order chi connectivity index (χ0) is 20.8. The predicted octanol–water partition coefficient (Wildman–Crippen LogP) is 2.26. The topological polar surface area (TPSA) is 94.2 Å². The third-order valence-electron chi connectivity index (χ3n) is 4.30. The zero-order valence-electron chi connectivity index (χ0n) is 16.3. The second-order valence-corrected chi connectivity index (χ2v) is 6.31. The molecule has 0 saturated carbocycles. The van der Waals surface area contributed by atoms with Crippen molar-refractivity contribution in [2.24, 2.45) is 0 Å². The Labute approximate surface area is 168 Å². The van der Waals surface area contributed by atoms with Gasteiger partial charge >= 0.3 is 5.97 Å². The number of nitrogens with zero attached hydrogens (tertiary/aromatic N) is 1. The Morgan fingerprint density at radius 3 is 2.62 bits per heavy atom. The number of nitrogens with one attached hydrogen (secondary N) is 1. The maximum absolute atomic E-state index is 12.5. The summed E-state index contributed by atoms with van der Waals surface area (Å²) in [7, 11) is 0. The van der Waals surface area contributed by atoms with E-state index < -0.39 is 5.97 Å². The van der Waals surface area contributed by atoms with Crippen LogP contribution in [0.25, 0.3) is 0 Å². The second kappa shape index (κ2) is 9.09. The molecule has 0 spiro atoms. The van der Waals surface area contributed by atoms with E-state index >= 15 is 0 Å². The van der Waals surface area contributed by atoms with Crippen molar-refractivity contribution < 1.29 is 28.6 Å². The van der Waals surface area contributed by atoms with Gasteiger partial charge in [-0.2, -0.15) is 0 Å². The van der Waals surface area contributed by atoms with E-state index in [1.54, 1.807) is 43.3 Å². The number of para-hydroxylation sites is 1. The van der Waals surface area contributed by atoms with Crippen molar-refractivity contribution in [3.8, 4) is 11.5 Å². The minimum Gasteiger partial charge on any atom is -0.462 e. The Bertz CT molecular complexity index is 927. The van der Waals surface area contributed by atoms with E-state index in [9.17, 15) is 14.4 Å². The Kier molecular flexibility index (Phi) is 6.33. The van der Waals surface area contributed by atoms with Crippen molar-refractivity contribution in [3.63, 3.8) is 0 Å². The average molecular weight is 398 g/mol. The van der Waals surface area contributed by atoms with E-state index in [0.29, 0.717) is 17.2 Å². The number of amides is 2. The molecular formula is C21H22N2O6. The van der Waals surface area contributed by atoms with Gasteiger partial charge in [0.15, 0.2) is 11.5 Å². The van der Waals surface area contributed by atoms with E-state index in [1.807, 2.05) is 6.07 Å². The highest BCUT2D eigenvalue weighted by Crippen LogP contribution is 2.32. The maximum atomic E-state index is 12.5. The number of fused-ring (bicyclic) bond motifs is 1. The number of benzene rings is 2. The molecule has 0 fully saturated rings. The molecular weight excluding hydrogens is 376 g/mol. The summed E-state index contributed by atoms with van der Waals surface area (Å²) < 4.78 is 15.6. The van der Waals surface area contributed by atoms with Gasteiger partial charge in [0.2, 0.25) is 18.6 Å². The normalized spacial score (nSPS) is 11.7. The van der Waals surface area contributed by atoms with Gasteiger partial charge in [-0.25, -0.2) is 4.79 Å². The lowest BCUT2D eigenvalue weighted by Crippen LogP contribution is -2.40. The molecule has 0 radical (unpaired) electrons. The number of hydrogen-bond donors (Lipinski definition) is 1. The van der Waals surface area contributed by atoms with Crippen molar-refractivity contribution in [2.45, 2.75) is 20.4 Å². The van der Waals surface area contributed by atoms with Crippen LogP contribution in [0.1, 0.15) is 29.8 Å². The number of rotatable bonds is 7. The van der Waals surface area contributed by atoms with Crippen LogP contribution in [-0.4, -0.2) is 37.7 Å². The number of esters is 1. The van der Waals surface area contributed by atoms with Crippen molar-refractivity contribution in [1.82, 2.24) is 5.32 Å². The molecule has 1 N–H and O–H groups in total. The maximum Gasteiger partial charge on any atom is 0.340 e. The van der Waals surface area contributed by atoms with Gasteiger partial charge in [-0.1, -0.05) is 18.2 Å². The molecule has 1 aliphatic heterocycles. The number of ether oxygens (including phenoxy) is 3. The number of carbonyl (C=O) groups is 3. The molecule has 1 aliphatic rings. The first-order valence-corrected chi connectivity index (χ1v) is 9.19. The summed E-state index contributed by atoms with van der Waals surface area (Å²) in [4.78, 5) is 38.1. The Morgan fingerprint density at radius 2 is 1.86 bits per heavy atom. The number of carbonyl (C=O) groups excluding carboxylic acids is 3. The molecule has 152 valence electrons. The first-order chi connectivity index (χ1) is 14.0. The van der Waals surface area contributed by atoms with Crippen molar-refractivity contribution in [1.29, 1.82) is 0 Å². The Balaban J connectivity index is 1.69. The standard InChI is InChI=1S/C21H22N2O6/c1-3-27-21(26)16-6-4-5-7-17(16)23(14(2)24)12-20(25)22-11-15-8-9-18-19(10-15)29-13-28-18/h4-10H,3,11-13H2,1-2H3,(H,22,25). The fourth-order valence-corrected chi connectivity index (χ4v) is 2.91. The third-order valence-corrected chi connectivity index (χ3v) is 4.30. The first-order valence-electron chi connectivity index (χ1n) is 9.19. The third kappa shape index (κ3) is 4.84. The van der Waals surface area contributed by atoms with Gasteiger partial charge in [0.05, 0.1) is 17.9 Å². The Hall–Kier alpha value is -3.55. The van der Waals surface area contributed by atoms with Gasteiger partial charge in [0, 0.05) is 13.5 Å². The minimum absolute atomic E-state index is 0.179. The van der Waals surface area contributed by atoms with Gasteiger partial charge in [0.25, 0.3) is 0 Å². The highest BCUT2D eigenvalue weighted by Gasteiger charge is 2.22. The lowest BCUT2D eigenvalue weighted by molar-refractivity contribution is -0.123. The van der Waals surface area contributed by atoms with E-state index in [2.05, 4.69) is 5.32 Å². The van der Waals surface area contributed by atoms with Gasteiger partial charge in [0.1, 0.15) is 6.54 Å². The van der Waals surface area contributed by atoms with E-state index in [-0.39, 0.29) is 43.9 Å². The molecule has 2 amide bonds. The number of anilines is 1. The molecule has 8 heteroatoms. The molecule has 0 atom stereocenters. The molecule has 0 unspecified atom stereocenters. The summed E-state index contributed by atoms with van der Waals surface area (Å²) in [6, 6.07) is 11.9. The molecule has 2 aromatic rings. The lowest BCUT2D eigenvalue weighted by Gasteiger charge is -2.23. The van der Waals surface area contributed by atoms with E-state index in [0.717, 1.165) is 5.56 Å². The van der Waals surface area contributed by atoms with Crippen molar-refractivity contribution in [2.75, 3.05) is 24.8 Å². The van der Waals surface area contributed by atoms with Gasteiger partial charge in [-0.15, -0.1) is 0 Å². The molecule has 8 nitrogen and oxygen atoms in total. The zero-order valence-corrected chi connectivity index (χ0v) is 16.3. The summed E-state index contributed by atoms with van der Waals surface area (Å²) in [6.07, 6.45) is 0. The van der Waals surface area contributed by atoms with E-state index in [4.69, 9.17) is 14.2 Å². The monoisotopic (exact) mass is 398 g/mol. The smallest absolute Gasteiger partial charge is 0.340 e. The average Bonchev–Trinajstić information content (AvgIpc) is 3.18. The van der Waals surface area contributed by atoms with Crippen LogP contribution in [0.3, 0.4) is 0 Å². The molecule has 3 rings (SSSR count). The van der Waals surface area contributed by atoms with Crippen LogP contribution in [0.5, 0.6) is 11.5 Å². The van der Waals surface area contributed by atoms with Crippen molar-refractivity contribution >= 4 is 23.5 Å². The highest BCUT2D eigenvalue weighted by molar-refractivity contribution is 6.04. The SMILES string of the molecule is CCOC(=O)c1ccccc1N(CC(=O)NCc1ccc2c(c1)OCO2)C(C)=O. The van der Waals surface area contributed by atoms with Gasteiger partial charge < -0.3 is 24.4 Å². The van der Waals surface area contributed by atoms with Crippen LogP contribution in [0.2, 0.25) is 0 Å². The largest absolute Gasteiger partial charge is 0.462 e. The van der Waals surface area contributed by atoms with Crippen LogP contribution in [0.4, 0.5) is 5.69 Å². The first kappa shape index (κ1) is 20.2. The molecule has 0 aromatic heterocycles. The highest BCUT2D eigenvalue weighted by atomic mass is 16.7. The fraction of sp³-hybridized carbons (Fsp3) is 0.286. The molecule has 29 heavy (non-hydrogen) atoms. The lowest BCUT2D eigenvalue weighted by atomic mass is 10.1. The van der Waals surface area contributed by atoms with Crippen LogP contribution in [0, 0.1) is 0 Å². The van der Waals surface area contributed by atoms with Crippen LogP contribution in [0.15, 0.2) is 42.5 Å².